The van der Waals surface area contributed by atoms with Crippen LogP contribution >= 0.6 is 0 Å². The van der Waals surface area contributed by atoms with Gasteiger partial charge in [0.05, 0.1) is 11.9 Å². The third-order valence-corrected chi connectivity index (χ3v) is 3.79. The van der Waals surface area contributed by atoms with Gasteiger partial charge < -0.3 is 10.2 Å². The highest BCUT2D eigenvalue weighted by atomic mass is 15.1. The summed E-state index contributed by atoms with van der Waals surface area (Å²) >= 11 is 0. The van der Waals surface area contributed by atoms with Gasteiger partial charge in [0.2, 0.25) is 0 Å². The van der Waals surface area contributed by atoms with E-state index < -0.39 is 0 Å². The number of rotatable bonds is 4. The maximum atomic E-state index is 4.27. The van der Waals surface area contributed by atoms with Crippen molar-refractivity contribution in [2.24, 2.45) is 5.92 Å². The van der Waals surface area contributed by atoms with E-state index in [-0.39, 0.29) is 0 Å². The minimum Gasteiger partial charge on any atom is -0.370 e. The van der Waals surface area contributed by atoms with Crippen LogP contribution in [0.3, 0.4) is 0 Å². The summed E-state index contributed by atoms with van der Waals surface area (Å²) in [4.78, 5) is 6.76. The second kappa shape index (κ2) is 6.01. The van der Waals surface area contributed by atoms with E-state index in [2.05, 4.69) is 28.2 Å². The van der Waals surface area contributed by atoms with Gasteiger partial charge in [0.15, 0.2) is 0 Å². The van der Waals surface area contributed by atoms with Crippen LogP contribution in [0, 0.1) is 5.92 Å². The molecule has 1 saturated heterocycles. The highest BCUT2D eigenvalue weighted by Crippen LogP contribution is 2.26. The van der Waals surface area contributed by atoms with Crippen LogP contribution in [0.4, 0.5) is 5.69 Å². The minimum atomic E-state index is 0.922. The lowest BCUT2D eigenvalue weighted by Gasteiger charge is -2.34. The maximum absolute atomic E-state index is 4.27. The Hall–Kier alpha value is -1.09. The monoisotopic (exact) mass is 233 g/mol. The Morgan fingerprint density at radius 2 is 2.18 bits per heavy atom. The molecule has 2 rings (SSSR count). The summed E-state index contributed by atoms with van der Waals surface area (Å²) in [6, 6.07) is 2.12. The van der Waals surface area contributed by atoms with Gasteiger partial charge in [-0.1, -0.05) is 13.3 Å². The quantitative estimate of drug-likeness (QED) is 0.865. The molecule has 0 bridgehead atoms. The normalized spacial score (nSPS) is 17.4. The fraction of sp³-hybridized carbons (Fsp3) is 0.643. The summed E-state index contributed by atoms with van der Waals surface area (Å²) in [5.41, 5.74) is 2.67. The van der Waals surface area contributed by atoms with Gasteiger partial charge >= 0.3 is 0 Å². The molecule has 94 valence electrons. The van der Waals surface area contributed by atoms with Crippen LogP contribution in [-0.4, -0.2) is 25.1 Å². The number of hydrogen-bond donors (Lipinski definition) is 1. The molecule has 1 aliphatic rings. The molecule has 0 radical (unpaired) electrons. The number of pyridine rings is 1. The molecule has 1 fully saturated rings. The van der Waals surface area contributed by atoms with Crippen LogP contribution in [0.2, 0.25) is 0 Å². The standard InChI is InChI=1S/C14H23N3/c1-3-12-5-8-17(9-6-12)14-11-16-7-4-13(14)10-15-2/h4,7,11-12,15H,3,5-6,8-10H2,1-2H3. The number of nitrogens with one attached hydrogen (secondary N) is 1. The third-order valence-electron chi connectivity index (χ3n) is 3.79. The lowest BCUT2D eigenvalue weighted by molar-refractivity contribution is 0.394. The molecule has 0 aliphatic carbocycles. The summed E-state index contributed by atoms with van der Waals surface area (Å²) in [7, 11) is 1.99. The first-order chi connectivity index (χ1) is 8.35. The van der Waals surface area contributed by atoms with Gasteiger partial charge in [-0.2, -0.15) is 0 Å². The van der Waals surface area contributed by atoms with Gasteiger partial charge in [0.25, 0.3) is 0 Å². The summed E-state index contributed by atoms with van der Waals surface area (Å²) in [6.45, 7) is 5.59. The van der Waals surface area contributed by atoms with E-state index in [4.69, 9.17) is 0 Å². The van der Waals surface area contributed by atoms with Crippen molar-refractivity contribution in [1.82, 2.24) is 10.3 Å². The van der Waals surface area contributed by atoms with E-state index in [1.165, 1.54) is 43.6 Å². The largest absolute Gasteiger partial charge is 0.370 e. The number of hydrogen-bond acceptors (Lipinski definition) is 3. The van der Waals surface area contributed by atoms with E-state index in [1.54, 1.807) is 0 Å². The van der Waals surface area contributed by atoms with Crippen molar-refractivity contribution in [3.63, 3.8) is 0 Å². The molecule has 0 spiro atoms. The third kappa shape index (κ3) is 2.97. The van der Waals surface area contributed by atoms with Gasteiger partial charge in [0, 0.05) is 25.8 Å². The lowest BCUT2D eigenvalue weighted by atomic mass is 9.94. The van der Waals surface area contributed by atoms with Crippen molar-refractivity contribution in [3.05, 3.63) is 24.0 Å². The van der Waals surface area contributed by atoms with Gasteiger partial charge in [-0.3, -0.25) is 4.98 Å². The predicted molar refractivity (Wildman–Crippen MR) is 72.2 cm³/mol. The Morgan fingerprint density at radius 1 is 1.41 bits per heavy atom. The lowest BCUT2D eigenvalue weighted by Crippen LogP contribution is -2.34. The number of anilines is 1. The minimum absolute atomic E-state index is 0.922. The molecule has 3 heteroatoms. The Balaban J connectivity index is 2.07. The smallest absolute Gasteiger partial charge is 0.0598 e. The first-order valence-corrected chi connectivity index (χ1v) is 6.67. The first kappa shape index (κ1) is 12.4. The van der Waals surface area contributed by atoms with Crippen molar-refractivity contribution in [2.45, 2.75) is 32.7 Å². The average Bonchev–Trinajstić information content (AvgIpc) is 2.40. The van der Waals surface area contributed by atoms with E-state index in [9.17, 15) is 0 Å². The second-order valence-corrected chi connectivity index (χ2v) is 4.87. The number of nitrogens with zero attached hydrogens (tertiary/aromatic N) is 2. The molecule has 0 unspecified atom stereocenters. The van der Waals surface area contributed by atoms with Crippen LogP contribution in [0.15, 0.2) is 18.5 Å². The molecular formula is C14H23N3. The Labute approximate surface area is 104 Å². The fourth-order valence-corrected chi connectivity index (χ4v) is 2.62. The molecule has 2 heterocycles. The molecule has 1 aliphatic heterocycles. The molecule has 1 aromatic heterocycles. The van der Waals surface area contributed by atoms with Crippen LogP contribution in [0.5, 0.6) is 0 Å². The van der Waals surface area contributed by atoms with Gasteiger partial charge in [-0.25, -0.2) is 0 Å². The summed E-state index contributed by atoms with van der Waals surface area (Å²) in [6.07, 6.45) is 7.87. The second-order valence-electron chi connectivity index (χ2n) is 4.87. The zero-order valence-corrected chi connectivity index (χ0v) is 10.9. The van der Waals surface area contributed by atoms with E-state index in [0.717, 1.165) is 12.5 Å². The van der Waals surface area contributed by atoms with Gasteiger partial charge in [0.1, 0.15) is 0 Å². The molecular weight excluding hydrogens is 210 g/mol. The molecule has 1 N–H and O–H groups in total. The average molecular weight is 233 g/mol. The molecule has 0 amide bonds. The van der Waals surface area contributed by atoms with Crippen molar-refractivity contribution < 1.29 is 0 Å². The molecule has 0 atom stereocenters. The molecule has 1 aromatic rings. The first-order valence-electron chi connectivity index (χ1n) is 6.67. The van der Waals surface area contributed by atoms with E-state index in [0.29, 0.717) is 0 Å². The van der Waals surface area contributed by atoms with Crippen LogP contribution in [0.25, 0.3) is 0 Å². The topological polar surface area (TPSA) is 28.2 Å². The number of piperidine rings is 1. The summed E-state index contributed by atoms with van der Waals surface area (Å²) in [5.74, 6) is 0.927. The van der Waals surface area contributed by atoms with Crippen LogP contribution in [-0.2, 0) is 6.54 Å². The predicted octanol–water partition coefficient (Wildman–Crippen LogP) is 2.43. The molecule has 0 aromatic carbocycles. The van der Waals surface area contributed by atoms with Gasteiger partial charge in [-0.05, 0) is 37.4 Å². The molecule has 0 saturated carbocycles. The summed E-state index contributed by atoms with van der Waals surface area (Å²) in [5, 5.41) is 3.23. The van der Waals surface area contributed by atoms with E-state index >= 15 is 0 Å². The van der Waals surface area contributed by atoms with Crippen LogP contribution in [0.1, 0.15) is 31.7 Å². The van der Waals surface area contributed by atoms with Gasteiger partial charge in [-0.15, -0.1) is 0 Å². The highest BCUT2D eigenvalue weighted by Gasteiger charge is 2.19. The maximum Gasteiger partial charge on any atom is 0.0598 e. The zero-order chi connectivity index (χ0) is 12.1. The molecule has 17 heavy (non-hydrogen) atoms. The Bertz CT molecular complexity index is 343. The van der Waals surface area contributed by atoms with Crippen molar-refractivity contribution in [2.75, 3.05) is 25.0 Å². The van der Waals surface area contributed by atoms with Crippen molar-refractivity contribution >= 4 is 5.69 Å². The van der Waals surface area contributed by atoms with Crippen molar-refractivity contribution in [1.29, 1.82) is 0 Å². The fourth-order valence-electron chi connectivity index (χ4n) is 2.62. The summed E-state index contributed by atoms with van der Waals surface area (Å²) < 4.78 is 0. The highest BCUT2D eigenvalue weighted by molar-refractivity contribution is 5.51. The van der Waals surface area contributed by atoms with Crippen LogP contribution < -0.4 is 10.2 Å². The van der Waals surface area contributed by atoms with Crippen molar-refractivity contribution in [3.8, 4) is 0 Å². The van der Waals surface area contributed by atoms with E-state index in [1.807, 2.05) is 19.4 Å². The SMILES string of the molecule is CCC1CCN(c2cnccc2CNC)CC1. The Kier molecular flexibility index (Phi) is 4.37. The zero-order valence-electron chi connectivity index (χ0n) is 10.9. The molecule has 3 nitrogen and oxygen atoms in total. The Morgan fingerprint density at radius 3 is 2.82 bits per heavy atom. The number of aromatic nitrogens is 1.